The maximum atomic E-state index is 16.5. The Morgan fingerprint density at radius 1 is 1.00 bits per heavy atom. The topological polar surface area (TPSA) is 0 Å². The van der Waals surface area contributed by atoms with Gasteiger partial charge in [-0.3, -0.25) is 0 Å². The zero-order valence-electron chi connectivity index (χ0n) is 16.8. The molecule has 0 bridgehead atoms. The molecular weight excluding hydrogens is 405 g/mol. The van der Waals surface area contributed by atoms with Crippen LogP contribution >= 0.6 is 0 Å². The van der Waals surface area contributed by atoms with Crippen molar-refractivity contribution in [3.05, 3.63) is 63.3 Å². The molecule has 1 aromatic rings. The Kier molecular flexibility index (Phi) is 5.34. The van der Waals surface area contributed by atoms with E-state index in [1.54, 1.807) is 0 Å². The number of benzene rings is 1. The van der Waals surface area contributed by atoms with E-state index >= 15 is 5.25 Å². The molecule has 1 atom stereocenters. The van der Waals surface area contributed by atoms with Crippen molar-refractivity contribution in [1.82, 2.24) is 0 Å². The van der Waals surface area contributed by atoms with Gasteiger partial charge in [0.25, 0.3) is 0 Å². The third-order valence-electron chi connectivity index (χ3n) is 7.05. The molecule has 0 saturated carbocycles. The van der Waals surface area contributed by atoms with E-state index < -0.39 is 28.2 Å². The number of allylic oxidation sites excluding steroid dienone is 5. The minimum atomic E-state index is -5.67. The van der Waals surface area contributed by atoms with Crippen LogP contribution in [0.2, 0.25) is 3.12 Å². The maximum absolute atomic E-state index is 16.5. The molecule has 3 rings (SSSR count). The fraction of sp³-hybridized carbons (Fsp3) is 0.478. The average molecular weight is 436 g/mol. The van der Waals surface area contributed by atoms with E-state index in [1.165, 1.54) is 0 Å². The first-order valence-electron chi connectivity index (χ1n) is 9.71. The van der Waals surface area contributed by atoms with Crippen molar-refractivity contribution in [3.63, 3.8) is 0 Å². The molecule has 0 aromatic heterocycles. The first-order valence-corrected chi connectivity index (χ1v) is 14.2. The predicted octanol–water partition coefficient (Wildman–Crippen LogP) is 8.10. The SMILES string of the molecule is CCCCC1=Cc2ccccc2[CH]1[Zr]([F])([F])[C]1(C)C(C)=C(C)C(C)=C1C. The third kappa shape index (κ3) is 2.69. The van der Waals surface area contributed by atoms with E-state index in [4.69, 9.17) is 0 Å². The molecule has 0 radical (unpaired) electrons. The van der Waals surface area contributed by atoms with Gasteiger partial charge in [0.2, 0.25) is 0 Å². The van der Waals surface area contributed by atoms with E-state index in [1.807, 2.05) is 58.9 Å². The molecule has 2 aliphatic rings. The molecule has 140 valence electrons. The van der Waals surface area contributed by atoms with E-state index in [0.717, 1.165) is 58.3 Å². The van der Waals surface area contributed by atoms with Gasteiger partial charge in [0, 0.05) is 0 Å². The monoisotopic (exact) mass is 434 g/mol. The molecule has 2 aliphatic carbocycles. The van der Waals surface area contributed by atoms with E-state index in [2.05, 4.69) is 13.0 Å². The van der Waals surface area contributed by atoms with Gasteiger partial charge in [-0.25, -0.2) is 0 Å². The summed E-state index contributed by atoms with van der Waals surface area (Å²) in [5.41, 5.74) is 6.85. The molecule has 1 aromatic carbocycles. The number of rotatable bonds is 5. The van der Waals surface area contributed by atoms with E-state index in [0.29, 0.717) is 0 Å². The first kappa shape index (κ1) is 19.9. The van der Waals surface area contributed by atoms with Gasteiger partial charge in [-0.15, -0.1) is 0 Å². The van der Waals surface area contributed by atoms with Crippen molar-refractivity contribution in [2.45, 2.75) is 67.6 Å². The summed E-state index contributed by atoms with van der Waals surface area (Å²) < 4.78 is 31.4. The Balaban J connectivity index is 2.15. The van der Waals surface area contributed by atoms with E-state index in [-0.39, 0.29) is 0 Å². The molecule has 3 heteroatoms. The third-order valence-corrected chi connectivity index (χ3v) is 15.6. The number of unbranched alkanes of at least 4 members (excludes halogenated alkanes) is 1. The van der Waals surface area contributed by atoms with Crippen LogP contribution in [0.3, 0.4) is 0 Å². The Morgan fingerprint density at radius 2 is 1.58 bits per heavy atom. The molecule has 0 nitrogen and oxygen atoms in total. The quantitative estimate of drug-likeness (QED) is 0.438. The summed E-state index contributed by atoms with van der Waals surface area (Å²) >= 11 is -5.67. The molecule has 0 spiro atoms. The van der Waals surface area contributed by atoms with Crippen molar-refractivity contribution in [3.8, 4) is 0 Å². The number of halogens is 2. The predicted molar refractivity (Wildman–Crippen MR) is 104 cm³/mol. The van der Waals surface area contributed by atoms with Crippen molar-refractivity contribution < 1.29 is 26.7 Å². The molecule has 0 fully saturated rings. The molecule has 0 aliphatic heterocycles. The van der Waals surface area contributed by atoms with Gasteiger partial charge in [0.15, 0.2) is 0 Å². The summed E-state index contributed by atoms with van der Waals surface area (Å²) in [6.07, 6.45) is 4.88. The minimum absolute atomic E-state index is 0.624. The Morgan fingerprint density at radius 3 is 2.15 bits per heavy atom. The fourth-order valence-corrected chi connectivity index (χ4v) is 12.9. The Hall–Kier alpha value is -0.817. The normalized spacial score (nSPS) is 22.2. The van der Waals surface area contributed by atoms with Crippen LogP contribution in [0.25, 0.3) is 6.08 Å². The second-order valence-electron chi connectivity index (χ2n) is 8.13. The van der Waals surface area contributed by atoms with Crippen LogP contribution in [0, 0.1) is 0 Å². The molecule has 0 N–H and O–H groups in total. The summed E-state index contributed by atoms with van der Waals surface area (Å²) in [5.74, 6) is 0. The Labute approximate surface area is 163 Å². The van der Waals surface area contributed by atoms with Crippen LogP contribution in [-0.2, 0) is 21.5 Å². The van der Waals surface area contributed by atoms with Crippen molar-refractivity contribution >= 4 is 6.08 Å². The van der Waals surface area contributed by atoms with Gasteiger partial charge >= 0.3 is 164 Å². The molecule has 26 heavy (non-hydrogen) atoms. The second-order valence-corrected chi connectivity index (χ2v) is 15.1. The number of hydrogen-bond acceptors (Lipinski definition) is 0. The second kappa shape index (κ2) is 6.97. The van der Waals surface area contributed by atoms with Crippen LogP contribution in [-0.4, -0.2) is 0 Å². The van der Waals surface area contributed by atoms with Gasteiger partial charge in [-0.05, 0) is 0 Å². The van der Waals surface area contributed by atoms with Gasteiger partial charge in [-0.1, -0.05) is 0 Å². The van der Waals surface area contributed by atoms with Gasteiger partial charge in [0.1, 0.15) is 0 Å². The summed E-state index contributed by atoms with van der Waals surface area (Å²) in [6.45, 7) is 11.9. The van der Waals surface area contributed by atoms with Crippen LogP contribution in [0.5, 0.6) is 0 Å². The average Bonchev–Trinajstić information content (AvgIpc) is 3.07. The summed E-state index contributed by atoms with van der Waals surface area (Å²) in [5, 5.41) is 0. The molecular formula is C23H30F2Zr. The summed E-state index contributed by atoms with van der Waals surface area (Å²) in [6, 6.07) is 7.83. The van der Waals surface area contributed by atoms with Crippen LogP contribution in [0.1, 0.15) is 75.6 Å². The van der Waals surface area contributed by atoms with Crippen LogP contribution in [0.4, 0.5) is 5.25 Å². The van der Waals surface area contributed by atoms with Crippen LogP contribution in [0.15, 0.2) is 52.1 Å². The van der Waals surface area contributed by atoms with Crippen molar-refractivity contribution in [1.29, 1.82) is 0 Å². The van der Waals surface area contributed by atoms with Gasteiger partial charge in [-0.2, -0.15) is 0 Å². The van der Waals surface area contributed by atoms with Gasteiger partial charge < -0.3 is 0 Å². The zero-order chi connectivity index (χ0) is 19.3. The molecule has 1 unspecified atom stereocenters. The molecule has 0 saturated heterocycles. The fourth-order valence-electron chi connectivity index (χ4n) is 4.80. The first-order chi connectivity index (χ1) is 12.2. The standard InChI is InChI=1S/C13H15.C10H15.2FH.Zr/c1-2-3-6-11-9-12-7-4-5-8-13(12)10-11;1-6-7(2)9(4)10(5)8(6)3;;;/h4-5,7-10H,2-3,6H2,1H3;1-5H3;2*1H;/q;;;;+2/p-2. The van der Waals surface area contributed by atoms with Gasteiger partial charge in [0.05, 0.1) is 0 Å². The number of hydrogen-bond donors (Lipinski definition) is 0. The van der Waals surface area contributed by atoms with E-state index in [9.17, 15) is 0 Å². The van der Waals surface area contributed by atoms with Crippen molar-refractivity contribution in [2.24, 2.45) is 0 Å². The number of fused-ring (bicyclic) bond motifs is 1. The summed E-state index contributed by atoms with van der Waals surface area (Å²) in [7, 11) is 0. The Bertz CT molecular complexity index is 802. The zero-order valence-corrected chi connectivity index (χ0v) is 19.3. The summed E-state index contributed by atoms with van der Waals surface area (Å²) in [4.78, 5) is 0. The van der Waals surface area contributed by atoms with Crippen molar-refractivity contribution in [2.75, 3.05) is 0 Å². The van der Waals surface area contributed by atoms with Crippen LogP contribution < -0.4 is 0 Å². The molecule has 0 amide bonds. The molecule has 0 heterocycles.